The molecule has 1 aliphatic heterocycles. The Bertz CT molecular complexity index is 1210. The molecule has 29 heavy (non-hydrogen) atoms. The van der Waals surface area contributed by atoms with E-state index in [9.17, 15) is 18.0 Å². The molecule has 3 N–H and O–H groups in total. The highest BCUT2D eigenvalue weighted by atomic mass is 32.2. The molecule has 1 fully saturated rings. The molecule has 0 aliphatic carbocycles. The smallest absolute Gasteiger partial charge is 0.323 e. The first-order valence-electron chi connectivity index (χ1n) is 9.00. The molecule has 0 unspecified atom stereocenters. The van der Waals surface area contributed by atoms with E-state index in [0.717, 1.165) is 11.8 Å². The second kappa shape index (κ2) is 7.67. The largest absolute Gasteiger partial charge is 0.416 e. The van der Waals surface area contributed by atoms with Crippen molar-refractivity contribution in [2.24, 2.45) is 5.92 Å². The van der Waals surface area contributed by atoms with Crippen LogP contribution in [0, 0.1) is 5.92 Å². The Labute approximate surface area is 169 Å². The van der Waals surface area contributed by atoms with E-state index in [4.69, 9.17) is 4.42 Å². The van der Waals surface area contributed by atoms with Gasteiger partial charge >= 0.3 is 5.69 Å². The number of hydrogen-bond donors (Lipinski definition) is 3. The van der Waals surface area contributed by atoms with Gasteiger partial charge in [-0.1, -0.05) is 11.8 Å². The second-order valence-corrected chi connectivity index (χ2v) is 10.5. The lowest BCUT2D eigenvalue weighted by molar-refractivity contribution is -0.115. The predicted molar refractivity (Wildman–Crippen MR) is 108 cm³/mol. The second-order valence-electron chi connectivity index (χ2n) is 7.02. The van der Waals surface area contributed by atoms with Crippen LogP contribution >= 0.6 is 11.8 Å². The maximum atomic E-state index is 12.4. The van der Waals surface area contributed by atoms with Gasteiger partial charge in [0.15, 0.2) is 9.84 Å². The zero-order chi connectivity index (χ0) is 20.6. The van der Waals surface area contributed by atoms with Crippen LogP contribution in [0.4, 0.5) is 5.69 Å². The van der Waals surface area contributed by atoms with Crippen molar-refractivity contribution in [3.63, 3.8) is 0 Å². The van der Waals surface area contributed by atoms with Gasteiger partial charge in [-0.2, -0.15) is 0 Å². The number of rotatable bonds is 6. The van der Waals surface area contributed by atoms with Gasteiger partial charge < -0.3 is 19.7 Å². The molecule has 1 amide bonds. The molecular formula is C17H19N5O5S2. The molecule has 12 heteroatoms. The molecule has 10 nitrogen and oxygen atoms in total. The molecule has 0 saturated carbocycles. The number of nitrogens with zero attached hydrogens (tertiary/aromatic N) is 2. The number of aromatic nitrogens is 4. The Morgan fingerprint density at radius 1 is 1.34 bits per heavy atom. The Hall–Kier alpha value is -2.60. The monoisotopic (exact) mass is 437 g/mol. The first kappa shape index (κ1) is 19.7. The number of amides is 1. The van der Waals surface area contributed by atoms with Crippen molar-refractivity contribution >= 4 is 44.2 Å². The minimum atomic E-state index is -2.95. The molecule has 2 aromatic heterocycles. The zero-order valence-corrected chi connectivity index (χ0v) is 17.1. The van der Waals surface area contributed by atoms with Crippen LogP contribution in [0.2, 0.25) is 0 Å². The van der Waals surface area contributed by atoms with Crippen LogP contribution in [-0.4, -0.2) is 51.2 Å². The molecule has 154 valence electrons. The van der Waals surface area contributed by atoms with Crippen molar-refractivity contribution in [3.8, 4) is 0 Å². The van der Waals surface area contributed by atoms with Gasteiger partial charge in [-0.05, 0) is 37.5 Å². The van der Waals surface area contributed by atoms with E-state index in [2.05, 4.69) is 25.5 Å². The SMILES string of the molecule is C[C@H](Sc1nnc(C[C@@H]2CCS(=O)(=O)C2)o1)C(=O)Nc1ccc2[nH]c(=O)[nH]c2c1. The van der Waals surface area contributed by atoms with Crippen molar-refractivity contribution in [3.05, 3.63) is 34.6 Å². The summed E-state index contributed by atoms with van der Waals surface area (Å²) in [5.74, 6) is 0.465. The average Bonchev–Trinajstić information content (AvgIpc) is 3.33. The van der Waals surface area contributed by atoms with E-state index in [1.165, 1.54) is 0 Å². The molecule has 1 aromatic carbocycles. The van der Waals surface area contributed by atoms with Gasteiger partial charge in [0.1, 0.15) is 0 Å². The summed E-state index contributed by atoms with van der Waals surface area (Å²) < 4.78 is 28.7. The maximum absolute atomic E-state index is 12.4. The number of carbonyl (C=O) groups excluding carboxylic acids is 1. The van der Waals surface area contributed by atoms with Crippen molar-refractivity contribution in [1.82, 2.24) is 20.2 Å². The van der Waals surface area contributed by atoms with Gasteiger partial charge in [0.05, 0.1) is 27.8 Å². The topological polar surface area (TPSA) is 151 Å². The molecule has 0 radical (unpaired) electrons. The third-order valence-electron chi connectivity index (χ3n) is 4.67. The van der Waals surface area contributed by atoms with Gasteiger partial charge in [0.25, 0.3) is 5.22 Å². The third-order valence-corrected chi connectivity index (χ3v) is 7.44. The van der Waals surface area contributed by atoms with Gasteiger partial charge in [-0.15, -0.1) is 10.2 Å². The first-order chi connectivity index (χ1) is 13.8. The summed E-state index contributed by atoms with van der Waals surface area (Å²) in [5, 5.41) is 10.4. The van der Waals surface area contributed by atoms with Gasteiger partial charge in [-0.3, -0.25) is 4.79 Å². The van der Waals surface area contributed by atoms with E-state index in [1.54, 1.807) is 25.1 Å². The summed E-state index contributed by atoms with van der Waals surface area (Å²) >= 11 is 1.12. The van der Waals surface area contributed by atoms with Crippen LogP contribution in [0.15, 0.2) is 32.6 Å². The van der Waals surface area contributed by atoms with Crippen LogP contribution in [0.1, 0.15) is 19.2 Å². The molecule has 3 heterocycles. The molecule has 1 aliphatic rings. The van der Waals surface area contributed by atoms with E-state index < -0.39 is 15.1 Å². The Kier molecular flexibility index (Phi) is 5.21. The average molecular weight is 438 g/mol. The summed E-state index contributed by atoms with van der Waals surface area (Å²) in [6.07, 6.45) is 1.02. The molecule has 0 spiro atoms. The van der Waals surface area contributed by atoms with E-state index in [0.29, 0.717) is 35.5 Å². The van der Waals surface area contributed by atoms with Gasteiger partial charge in [0, 0.05) is 12.1 Å². The van der Waals surface area contributed by atoms with Crippen LogP contribution in [0.3, 0.4) is 0 Å². The normalized spacial score (nSPS) is 19.4. The minimum absolute atomic E-state index is 0.00573. The quantitative estimate of drug-likeness (QED) is 0.489. The third kappa shape index (κ3) is 4.70. The molecule has 0 bridgehead atoms. The summed E-state index contributed by atoms with van der Waals surface area (Å²) in [6, 6.07) is 5.07. The number of sulfone groups is 1. The lowest BCUT2D eigenvalue weighted by atomic mass is 10.1. The van der Waals surface area contributed by atoms with E-state index in [-0.39, 0.29) is 34.2 Å². The number of anilines is 1. The predicted octanol–water partition coefficient (Wildman–Crippen LogP) is 1.34. The number of hydrogen-bond acceptors (Lipinski definition) is 8. The highest BCUT2D eigenvalue weighted by Gasteiger charge is 2.29. The molecule has 4 rings (SSSR count). The number of H-pyrrole nitrogens is 2. The van der Waals surface area contributed by atoms with E-state index in [1.807, 2.05) is 0 Å². The Morgan fingerprint density at radius 2 is 2.14 bits per heavy atom. The van der Waals surface area contributed by atoms with Gasteiger partial charge in [0.2, 0.25) is 11.8 Å². The molecule has 1 saturated heterocycles. The maximum Gasteiger partial charge on any atom is 0.323 e. The molecule has 2 atom stereocenters. The zero-order valence-electron chi connectivity index (χ0n) is 15.5. The summed E-state index contributed by atoms with van der Waals surface area (Å²) in [5.41, 5.74) is 1.50. The van der Waals surface area contributed by atoms with Crippen molar-refractivity contribution in [2.45, 2.75) is 30.2 Å². The highest BCUT2D eigenvalue weighted by Crippen LogP contribution is 2.26. The minimum Gasteiger partial charge on any atom is -0.416 e. The number of thioether (sulfide) groups is 1. The summed E-state index contributed by atoms with van der Waals surface area (Å²) in [7, 11) is -2.95. The number of fused-ring (bicyclic) bond motifs is 1. The number of imidazole rings is 1. The fourth-order valence-electron chi connectivity index (χ4n) is 3.21. The first-order valence-corrected chi connectivity index (χ1v) is 11.7. The summed E-state index contributed by atoms with van der Waals surface area (Å²) in [6.45, 7) is 1.71. The highest BCUT2D eigenvalue weighted by molar-refractivity contribution is 8.00. The van der Waals surface area contributed by atoms with Crippen LogP contribution < -0.4 is 11.0 Å². The van der Waals surface area contributed by atoms with Crippen LogP contribution in [0.5, 0.6) is 0 Å². The number of carbonyl (C=O) groups is 1. The molecular weight excluding hydrogens is 418 g/mol. The van der Waals surface area contributed by atoms with Crippen molar-refractivity contribution in [2.75, 3.05) is 16.8 Å². The standard InChI is InChI=1S/C17H19N5O5S2/c1-9(15(23)18-11-2-3-12-13(7-11)20-16(24)19-12)28-17-22-21-14(27-17)6-10-4-5-29(25,26)8-10/h2-3,7,9-10H,4-6,8H2,1H3,(H,18,23)(H2,19,20,24)/t9-,10-/m0/s1. The van der Waals surface area contributed by atoms with Crippen LogP contribution in [-0.2, 0) is 21.1 Å². The van der Waals surface area contributed by atoms with Crippen LogP contribution in [0.25, 0.3) is 11.0 Å². The lowest BCUT2D eigenvalue weighted by Crippen LogP contribution is -2.22. The van der Waals surface area contributed by atoms with Crippen molar-refractivity contribution in [1.29, 1.82) is 0 Å². The number of nitrogens with one attached hydrogen (secondary N) is 3. The Balaban J connectivity index is 1.34. The Morgan fingerprint density at radius 3 is 2.90 bits per heavy atom. The fourth-order valence-corrected chi connectivity index (χ4v) is 5.77. The van der Waals surface area contributed by atoms with E-state index >= 15 is 0 Å². The number of aromatic amines is 2. The lowest BCUT2D eigenvalue weighted by Gasteiger charge is -2.10. The molecule has 3 aromatic rings. The van der Waals surface area contributed by atoms with Crippen molar-refractivity contribution < 1.29 is 17.6 Å². The number of benzene rings is 1. The van der Waals surface area contributed by atoms with Gasteiger partial charge in [-0.25, -0.2) is 13.2 Å². The summed E-state index contributed by atoms with van der Waals surface area (Å²) in [4.78, 5) is 29.0. The fraction of sp³-hybridized carbons (Fsp3) is 0.412.